The Bertz CT molecular complexity index is 885. The van der Waals surface area contributed by atoms with Crippen molar-refractivity contribution in [3.8, 4) is 0 Å². The first kappa shape index (κ1) is 21.5. The summed E-state index contributed by atoms with van der Waals surface area (Å²) in [6.45, 7) is 7.63. The van der Waals surface area contributed by atoms with Crippen molar-refractivity contribution < 1.29 is 22.7 Å². The third-order valence-corrected chi connectivity index (χ3v) is 7.44. The molecular weight excluding hydrogens is 394 g/mol. The van der Waals surface area contributed by atoms with Crippen molar-refractivity contribution in [3.63, 3.8) is 0 Å². The van der Waals surface area contributed by atoms with E-state index in [9.17, 15) is 18.0 Å². The second-order valence-corrected chi connectivity index (χ2v) is 9.20. The lowest BCUT2D eigenvalue weighted by Crippen LogP contribution is -2.41. The fraction of sp³-hybridized carbons (Fsp3) is 0.500. The van der Waals surface area contributed by atoms with Crippen LogP contribution in [-0.4, -0.2) is 68.8 Å². The highest BCUT2D eigenvalue weighted by molar-refractivity contribution is 7.89. The second kappa shape index (κ2) is 9.06. The number of likely N-dealkylation sites (tertiary alicyclic amines) is 1. The highest BCUT2D eigenvalue weighted by atomic mass is 32.2. The van der Waals surface area contributed by atoms with Crippen LogP contribution in [0, 0.1) is 12.8 Å². The van der Waals surface area contributed by atoms with E-state index >= 15 is 0 Å². The molecule has 2 heterocycles. The lowest BCUT2D eigenvalue weighted by molar-refractivity contribution is -0.130. The topological polar surface area (TPSA) is 96.0 Å². The molecule has 0 bridgehead atoms. The van der Waals surface area contributed by atoms with Gasteiger partial charge < -0.3 is 15.0 Å². The van der Waals surface area contributed by atoms with Crippen molar-refractivity contribution >= 4 is 27.5 Å². The van der Waals surface area contributed by atoms with Gasteiger partial charge in [-0.15, -0.1) is 0 Å². The summed E-state index contributed by atoms with van der Waals surface area (Å²) >= 11 is 0. The van der Waals surface area contributed by atoms with E-state index in [0.717, 1.165) is 0 Å². The largest absolute Gasteiger partial charge is 0.379 e. The van der Waals surface area contributed by atoms with E-state index in [0.29, 0.717) is 63.5 Å². The van der Waals surface area contributed by atoms with Gasteiger partial charge >= 0.3 is 0 Å². The molecule has 2 amide bonds. The molecule has 29 heavy (non-hydrogen) atoms. The van der Waals surface area contributed by atoms with Gasteiger partial charge in [0.05, 0.1) is 18.1 Å². The van der Waals surface area contributed by atoms with Crippen LogP contribution >= 0.6 is 0 Å². The molecule has 2 saturated heterocycles. The lowest BCUT2D eigenvalue weighted by atomic mass is 9.95. The number of aryl methyl sites for hydroxylation is 1. The summed E-state index contributed by atoms with van der Waals surface area (Å²) in [6.07, 6.45) is 2.41. The number of piperidine rings is 1. The first-order valence-electron chi connectivity index (χ1n) is 9.73. The Kier molecular flexibility index (Phi) is 6.71. The van der Waals surface area contributed by atoms with Crippen LogP contribution in [0.25, 0.3) is 0 Å². The minimum atomic E-state index is -3.65. The molecule has 1 aromatic rings. The molecule has 1 N–H and O–H groups in total. The first-order valence-corrected chi connectivity index (χ1v) is 11.2. The van der Waals surface area contributed by atoms with Gasteiger partial charge in [-0.2, -0.15) is 4.31 Å². The number of anilines is 1. The highest BCUT2D eigenvalue weighted by Crippen LogP contribution is 2.26. The summed E-state index contributed by atoms with van der Waals surface area (Å²) in [4.78, 5) is 26.2. The number of sulfonamides is 1. The predicted molar refractivity (Wildman–Crippen MR) is 109 cm³/mol. The van der Waals surface area contributed by atoms with Gasteiger partial charge in [0.15, 0.2) is 0 Å². The molecule has 0 aromatic heterocycles. The summed E-state index contributed by atoms with van der Waals surface area (Å²) in [6, 6.07) is 4.94. The van der Waals surface area contributed by atoms with Crippen molar-refractivity contribution in [1.29, 1.82) is 0 Å². The number of rotatable bonds is 5. The zero-order valence-corrected chi connectivity index (χ0v) is 17.4. The van der Waals surface area contributed by atoms with E-state index in [1.807, 2.05) is 0 Å². The molecule has 8 nitrogen and oxygen atoms in total. The molecule has 1 aromatic carbocycles. The Balaban J connectivity index is 1.69. The van der Waals surface area contributed by atoms with Crippen molar-refractivity contribution in [1.82, 2.24) is 9.21 Å². The Morgan fingerprint density at radius 2 is 1.83 bits per heavy atom. The number of ether oxygens (including phenoxy) is 1. The van der Waals surface area contributed by atoms with E-state index in [4.69, 9.17) is 4.74 Å². The molecule has 2 fully saturated rings. The van der Waals surface area contributed by atoms with Gasteiger partial charge in [-0.3, -0.25) is 9.59 Å². The summed E-state index contributed by atoms with van der Waals surface area (Å²) in [5, 5.41) is 2.84. The van der Waals surface area contributed by atoms with Crippen LogP contribution in [0.15, 0.2) is 35.7 Å². The van der Waals surface area contributed by atoms with Gasteiger partial charge in [-0.1, -0.05) is 12.6 Å². The fourth-order valence-corrected chi connectivity index (χ4v) is 5.28. The second-order valence-electron chi connectivity index (χ2n) is 7.29. The minimum Gasteiger partial charge on any atom is -0.379 e. The average Bonchev–Trinajstić information content (AvgIpc) is 2.75. The molecule has 0 unspecified atom stereocenters. The van der Waals surface area contributed by atoms with Crippen molar-refractivity contribution in [2.45, 2.75) is 24.7 Å². The van der Waals surface area contributed by atoms with Gasteiger partial charge in [-0.05, 0) is 43.5 Å². The van der Waals surface area contributed by atoms with E-state index in [2.05, 4.69) is 11.9 Å². The van der Waals surface area contributed by atoms with E-state index in [-0.39, 0.29) is 22.6 Å². The number of nitrogens with zero attached hydrogens (tertiary/aromatic N) is 2. The Morgan fingerprint density at radius 3 is 2.45 bits per heavy atom. The zero-order chi connectivity index (χ0) is 21.0. The number of benzene rings is 1. The summed E-state index contributed by atoms with van der Waals surface area (Å²) in [5.74, 6) is -0.501. The normalized spacial score (nSPS) is 19.0. The highest BCUT2D eigenvalue weighted by Gasteiger charge is 2.29. The number of nitrogens with one attached hydrogen (secondary N) is 1. The van der Waals surface area contributed by atoms with Crippen LogP contribution in [0.1, 0.15) is 18.4 Å². The number of hydrogen-bond donors (Lipinski definition) is 1. The third-order valence-electron chi connectivity index (χ3n) is 5.40. The molecule has 0 spiro atoms. The predicted octanol–water partition coefficient (Wildman–Crippen LogP) is 1.38. The maximum absolute atomic E-state index is 13.0. The molecule has 158 valence electrons. The lowest BCUT2D eigenvalue weighted by Gasteiger charge is -2.30. The van der Waals surface area contributed by atoms with Gasteiger partial charge in [0.25, 0.3) is 0 Å². The maximum atomic E-state index is 13.0. The number of amides is 2. The van der Waals surface area contributed by atoms with Crippen LogP contribution in [0.4, 0.5) is 5.69 Å². The van der Waals surface area contributed by atoms with Crippen LogP contribution in [0.5, 0.6) is 0 Å². The number of carbonyl (C=O) groups is 2. The van der Waals surface area contributed by atoms with E-state index in [1.54, 1.807) is 24.0 Å². The van der Waals surface area contributed by atoms with Crippen molar-refractivity contribution in [3.05, 3.63) is 36.4 Å². The maximum Gasteiger partial charge on any atom is 0.245 e. The van der Waals surface area contributed by atoms with Gasteiger partial charge in [0.2, 0.25) is 21.8 Å². The summed E-state index contributed by atoms with van der Waals surface area (Å²) in [7, 11) is -3.65. The molecule has 9 heteroatoms. The van der Waals surface area contributed by atoms with Crippen LogP contribution in [-0.2, 0) is 24.3 Å². The fourth-order valence-electron chi connectivity index (χ4n) is 3.62. The monoisotopic (exact) mass is 421 g/mol. The molecular formula is C20H27N3O5S. The minimum absolute atomic E-state index is 0.125. The smallest absolute Gasteiger partial charge is 0.245 e. The summed E-state index contributed by atoms with van der Waals surface area (Å²) < 4.78 is 32.6. The summed E-state index contributed by atoms with van der Waals surface area (Å²) in [5.41, 5.74) is 1.09. The molecule has 2 aliphatic heterocycles. The quantitative estimate of drug-likeness (QED) is 0.725. The Morgan fingerprint density at radius 1 is 1.17 bits per heavy atom. The van der Waals surface area contributed by atoms with Gasteiger partial charge in [0.1, 0.15) is 0 Å². The zero-order valence-electron chi connectivity index (χ0n) is 16.6. The molecule has 0 atom stereocenters. The number of morpholine rings is 1. The standard InChI is InChI=1S/C20H27N3O5S/c1-3-19(24)22-8-6-16(7-9-22)20(25)21-17-5-4-15(2)18(14-17)29(26,27)23-10-12-28-13-11-23/h3-5,14,16H,1,6-13H2,2H3,(H,21,25). The average molecular weight is 422 g/mol. The number of carbonyl (C=O) groups excluding carboxylic acids is 2. The van der Waals surface area contributed by atoms with Gasteiger partial charge in [0, 0.05) is 37.8 Å². The molecule has 0 aliphatic carbocycles. The van der Waals surface area contributed by atoms with Crippen molar-refractivity contribution in [2.24, 2.45) is 5.92 Å². The molecule has 0 saturated carbocycles. The van der Waals surface area contributed by atoms with E-state index in [1.165, 1.54) is 16.4 Å². The van der Waals surface area contributed by atoms with Crippen LogP contribution in [0.3, 0.4) is 0 Å². The third kappa shape index (κ3) is 4.85. The Hall–Kier alpha value is -2.23. The Labute approximate surface area is 171 Å². The van der Waals surface area contributed by atoms with Crippen LogP contribution in [0.2, 0.25) is 0 Å². The molecule has 2 aliphatic rings. The van der Waals surface area contributed by atoms with E-state index < -0.39 is 10.0 Å². The first-order chi connectivity index (χ1) is 13.8. The van der Waals surface area contributed by atoms with Gasteiger partial charge in [-0.25, -0.2) is 8.42 Å². The number of hydrogen-bond acceptors (Lipinski definition) is 5. The SMILES string of the molecule is C=CC(=O)N1CCC(C(=O)Nc2ccc(C)c(S(=O)(=O)N3CCOCC3)c2)CC1. The molecule has 3 rings (SSSR count). The molecule has 0 radical (unpaired) electrons. The van der Waals surface area contributed by atoms with Crippen molar-refractivity contribution in [2.75, 3.05) is 44.7 Å². The van der Waals surface area contributed by atoms with Crippen LogP contribution < -0.4 is 5.32 Å².